The number of hydrogen-bond acceptors (Lipinski definition) is 1. The van der Waals surface area contributed by atoms with Gasteiger partial charge < -0.3 is 5.41 Å². The second-order valence-electron chi connectivity index (χ2n) is 3.74. The predicted octanol–water partition coefficient (Wildman–Crippen LogP) is 4.02. The molecule has 1 nitrogen and oxygen atoms in total. The van der Waals surface area contributed by atoms with E-state index in [9.17, 15) is 0 Å². The number of hydrogen-bond donors (Lipinski definition) is 1. The van der Waals surface area contributed by atoms with Crippen molar-refractivity contribution in [3.63, 3.8) is 0 Å². The fraction of sp³-hybridized carbons (Fsp3) is 0.909. The molecule has 0 rings (SSSR count). The van der Waals surface area contributed by atoms with Crippen LogP contribution in [0, 0.1) is 11.3 Å². The van der Waals surface area contributed by atoms with Crippen LogP contribution in [0.1, 0.15) is 58.8 Å². The van der Waals surface area contributed by atoms with Gasteiger partial charge in [-0.2, -0.15) is 0 Å². The van der Waals surface area contributed by atoms with Gasteiger partial charge in [0.25, 0.3) is 0 Å². The van der Waals surface area contributed by atoms with Gasteiger partial charge in [0.2, 0.25) is 0 Å². The van der Waals surface area contributed by atoms with Crippen LogP contribution in [0.4, 0.5) is 0 Å². The number of rotatable bonds is 8. The zero-order valence-corrected chi connectivity index (χ0v) is 8.60. The lowest BCUT2D eigenvalue weighted by molar-refractivity contribution is 0.452. The van der Waals surface area contributed by atoms with Gasteiger partial charge in [-0.1, -0.05) is 46.0 Å². The summed E-state index contributed by atoms with van der Waals surface area (Å²) >= 11 is 0. The molecule has 0 saturated heterocycles. The summed E-state index contributed by atoms with van der Waals surface area (Å²) in [6, 6.07) is 0. The molecule has 0 aliphatic heterocycles. The summed E-state index contributed by atoms with van der Waals surface area (Å²) in [7, 11) is 0. The Kier molecular flexibility index (Phi) is 8.52. The highest BCUT2D eigenvalue weighted by Gasteiger charge is 1.99. The van der Waals surface area contributed by atoms with Crippen LogP contribution in [0.5, 0.6) is 0 Å². The van der Waals surface area contributed by atoms with Gasteiger partial charge in [-0.25, -0.2) is 0 Å². The van der Waals surface area contributed by atoms with Gasteiger partial charge in [-0.3, -0.25) is 0 Å². The lowest BCUT2D eigenvalue weighted by Crippen LogP contribution is -1.94. The van der Waals surface area contributed by atoms with E-state index >= 15 is 0 Å². The molecule has 0 aliphatic rings. The molecule has 12 heavy (non-hydrogen) atoms. The fourth-order valence-corrected chi connectivity index (χ4v) is 1.44. The van der Waals surface area contributed by atoms with E-state index in [-0.39, 0.29) is 0 Å². The lowest BCUT2D eigenvalue weighted by Gasteiger charge is -2.09. The van der Waals surface area contributed by atoms with Crippen molar-refractivity contribution in [1.29, 1.82) is 5.41 Å². The Morgan fingerprint density at radius 1 is 1.17 bits per heavy atom. The summed E-state index contributed by atoms with van der Waals surface area (Å²) in [5.74, 6) is 0.899. The van der Waals surface area contributed by atoms with Crippen LogP contribution in [-0.2, 0) is 0 Å². The molecule has 0 aromatic rings. The molecule has 1 atom stereocenters. The van der Waals surface area contributed by atoms with Gasteiger partial charge in [-0.15, -0.1) is 0 Å². The predicted molar refractivity (Wildman–Crippen MR) is 55.9 cm³/mol. The van der Waals surface area contributed by atoms with Crippen molar-refractivity contribution in [2.45, 2.75) is 58.8 Å². The topological polar surface area (TPSA) is 23.9 Å². The Morgan fingerprint density at radius 2 is 1.83 bits per heavy atom. The van der Waals surface area contributed by atoms with E-state index in [1.807, 2.05) is 0 Å². The number of unbranched alkanes of at least 4 members (excludes halogenated alkanes) is 3. The molecule has 72 valence electrons. The van der Waals surface area contributed by atoms with Crippen molar-refractivity contribution in [3.8, 4) is 0 Å². The zero-order valence-electron chi connectivity index (χ0n) is 8.60. The summed E-state index contributed by atoms with van der Waals surface area (Å²) in [5.41, 5.74) is 0. The minimum absolute atomic E-state index is 0.899. The van der Waals surface area contributed by atoms with Crippen LogP contribution in [0.2, 0.25) is 0 Å². The van der Waals surface area contributed by atoms with E-state index in [0.717, 1.165) is 12.3 Å². The molecule has 0 saturated carbocycles. The molecule has 0 bridgehead atoms. The first kappa shape index (κ1) is 11.7. The Labute approximate surface area is 77.1 Å². The highest BCUT2D eigenvalue weighted by molar-refractivity contribution is 5.52. The molecule has 0 amide bonds. The van der Waals surface area contributed by atoms with Crippen molar-refractivity contribution in [3.05, 3.63) is 0 Å². The standard InChI is InChI=1S/C11H23N/c1-3-4-8-11(2)9-6-5-7-10-12/h10-12H,3-9H2,1-2H3. The first-order chi connectivity index (χ1) is 5.81. The Bertz CT molecular complexity index is 99.2. The van der Waals surface area contributed by atoms with Gasteiger partial charge in [0.15, 0.2) is 0 Å². The van der Waals surface area contributed by atoms with E-state index in [0.29, 0.717) is 0 Å². The maximum Gasteiger partial charge on any atom is -0.00477 e. The zero-order chi connectivity index (χ0) is 9.23. The first-order valence-corrected chi connectivity index (χ1v) is 5.30. The van der Waals surface area contributed by atoms with Crippen LogP contribution in [0.25, 0.3) is 0 Å². The Hall–Kier alpha value is -0.330. The van der Waals surface area contributed by atoms with Gasteiger partial charge in [0.1, 0.15) is 0 Å². The smallest absolute Gasteiger partial charge is 0.00477 e. The maximum absolute atomic E-state index is 6.87. The van der Waals surface area contributed by atoms with Crippen molar-refractivity contribution in [1.82, 2.24) is 0 Å². The highest BCUT2D eigenvalue weighted by atomic mass is 14.3. The molecule has 1 unspecified atom stereocenters. The molecule has 0 spiro atoms. The Balaban J connectivity index is 3.07. The van der Waals surface area contributed by atoms with Crippen LogP contribution in [0.15, 0.2) is 0 Å². The molecule has 0 aromatic carbocycles. The van der Waals surface area contributed by atoms with E-state index in [1.54, 1.807) is 0 Å². The molecule has 1 N–H and O–H groups in total. The minimum Gasteiger partial charge on any atom is -0.313 e. The van der Waals surface area contributed by atoms with Gasteiger partial charge in [0.05, 0.1) is 0 Å². The van der Waals surface area contributed by atoms with Gasteiger partial charge in [-0.05, 0) is 25.0 Å². The molecule has 0 aromatic heterocycles. The van der Waals surface area contributed by atoms with Crippen molar-refractivity contribution < 1.29 is 0 Å². The van der Waals surface area contributed by atoms with Crippen LogP contribution >= 0.6 is 0 Å². The largest absolute Gasteiger partial charge is 0.313 e. The molecule has 0 heterocycles. The normalized spacial score (nSPS) is 12.8. The summed E-state index contributed by atoms with van der Waals surface area (Å²) in [5, 5.41) is 6.87. The van der Waals surface area contributed by atoms with Crippen molar-refractivity contribution in [2.24, 2.45) is 5.92 Å². The van der Waals surface area contributed by atoms with Crippen LogP contribution in [0.3, 0.4) is 0 Å². The quantitative estimate of drug-likeness (QED) is 0.419. The molecule has 1 heteroatoms. The monoisotopic (exact) mass is 169 g/mol. The minimum atomic E-state index is 0.899. The average Bonchev–Trinajstić information content (AvgIpc) is 2.09. The van der Waals surface area contributed by atoms with Crippen LogP contribution < -0.4 is 0 Å². The molecular weight excluding hydrogens is 146 g/mol. The summed E-state index contributed by atoms with van der Waals surface area (Å²) in [6.45, 7) is 4.60. The average molecular weight is 169 g/mol. The van der Waals surface area contributed by atoms with E-state index in [1.165, 1.54) is 44.7 Å². The third-order valence-electron chi connectivity index (χ3n) is 2.35. The van der Waals surface area contributed by atoms with E-state index in [2.05, 4.69) is 13.8 Å². The maximum atomic E-state index is 6.87. The molecule has 0 fully saturated rings. The molecule has 0 aliphatic carbocycles. The van der Waals surface area contributed by atoms with Gasteiger partial charge >= 0.3 is 0 Å². The third-order valence-corrected chi connectivity index (χ3v) is 2.35. The molecule has 0 radical (unpaired) electrons. The summed E-state index contributed by atoms with van der Waals surface area (Å²) in [4.78, 5) is 0. The van der Waals surface area contributed by atoms with Gasteiger partial charge in [0, 0.05) is 0 Å². The lowest BCUT2D eigenvalue weighted by atomic mass is 9.98. The Morgan fingerprint density at radius 3 is 2.42 bits per heavy atom. The van der Waals surface area contributed by atoms with E-state index in [4.69, 9.17) is 5.41 Å². The summed E-state index contributed by atoms with van der Waals surface area (Å²) < 4.78 is 0. The SMILES string of the molecule is CCCCC(C)CCCCC=N. The van der Waals surface area contributed by atoms with Crippen molar-refractivity contribution >= 4 is 6.21 Å². The van der Waals surface area contributed by atoms with Crippen molar-refractivity contribution in [2.75, 3.05) is 0 Å². The highest BCUT2D eigenvalue weighted by Crippen LogP contribution is 2.15. The fourth-order valence-electron chi connectivity index (χ4n) is 1.44. The second kappa shape index (κ2) is 8.76. The second-order valence-corrected chi connectivity index (χ2v) is 3.74. The van der Waals surface area contributed by atoms with Crippen LogP contribution in [-0.4, -0.2) is 6.21 Å². The summed E-state index contributed by atoms with van der Waals surface area (Å²) in [6.07, 6.45) is 10.5. The van der Waals surface area contributed by atoms with E-state index < -0.39 is 0 Å². The third kappa shape index (κ3) is 7.77. The first-order valence-electron chi connectivity index (χ1n) is 5.30. The molecular formula is C11H23N. The number of nitrogens with one attached hydrogen (secondary N) is 1.